The van der Waals surface area contributed by atoms with Crippen molar-refractivity contribution in [1.82, 2.24) is 0 Å². The second-order valence-electron chi connectivity index (χ2n) is 3.88. The van der Waals surface area contributed by atoms with E-state index in [-0.39, 0.29) is 6.04 Å². The number of halogens is 1. The van der Waals surface area contributed by atoms with Crippen molar-refractivity contribution in [1.29, 1.82) is 0 Å². The number of aromatic carboxylic acids is 1. The van der Waals surface area contributed by atoms with Gasteiger partial charge in [-0.1, -0.05) is 12.1 Å². The van der Waals surface area contributed by atoms with Crippen LogP contribution in [0.25, 0.3) is 0 Å². The van der Waals surface area contributed by atoms with E-state index >= 15 is 0 Å². The Bertz CT molecular complexity index is 568. The Kier molecular flexibility index (Phi) is 4.04. The van der Waals surface area contributed by atoms with Gasteiger partial charge in [-0.2, -0.15) is 0 Å². The summed E-state index contributed by atoms with van der Waals surface area (Å²) in [5.74, 6) is -0.919. The first-order chi connectivity index (χ1) is 8.58. The lowest BCUT2D eigenvalue weighted by Gasteiger charge is -2.15. The molecule has 94 valence electrons. The van der Waals surface area contributed by atoms with Gasteiger partial charge < -0.3 is 10.4 Å². The minimum absolute atomic E-state index is 0.0711. The van der Waals surface area contributed by atoms with Crippen LogP contribution in [0.15, 0.2) is 40.2 Å². The highest BCUT2D eigenvalue weighted by Crippen LogP contribution is 2.28. The molecule has 1 aromatic heterocycles. The summed E-state index contributed by atoms with van der Waals surface area (Å²) >= 11 is 5.05. The topological polar surface area (TPSA) is 49.3 Å². The summed E-state index contributed by atoms with van der Waals surface area (Å²) < 4.78 is 1.04. The minimum atomic E-state index is -0.919. The quantitative estimate of drug-likeness (QED) is 0.876. The van der Waals surface area contributed by atoms with E-state index in [0.29, 0.717) is 11.3 Å². The van der Waals surface area contributed by atoms with Gasteiger partial charge in [-0.15, -0.1) is 11.3 Å². The second kappa shape index (κ2) is 5.54. The van der Waals surface area contributed by atoms with Gasteiger partial charge in [0.15, 0.2) is 0 Å². The third-order valence-corrected chi connectivity index (χ3v) is 4.42. The molecule has 1 heterocycles. The summed E-state index contributed by atoms with van der Waals surface area (Å²) in [6, 6.07) is 9.03. The molecule has 1 atom stereocenters. The van der Waals surface area contributed by atoms with Crippen LogP contribution < -0.4 is 5.32 Å². The number of hydrogen-bond acceptors (Lipinski definition) is 3. The lowest BCUT2D eigenvalue weighted by atomic mass is 10.1. The van der Waals surface area contributed by atoms with E-state index in [1.54, 1.807) is 29.5 Å². The molecule has 0 amide bonds. The molecule has 0 fully saturated rings. The lowest BCUT2D eigenvalue weighted by molar-refractivity contribution is 0.0698. The van der Waals surface area contributed by atoms with Gasteiger partial charge in [0.25, 0.3) is 0 Å². The summed E-state index contributed by atoms with van der Waals surface area (Å²) in [6.45, 7) is 2.01. The molecule has 18 heavy (non-hydrogen) atoms. The predicted octanol–water partition coefficient (Wildman–Crippen LogP) is 4.38. The lowest BCUT2D eigenvalue weighted by Crippen LogP contribution is -2.09. The van der Waals surface area contributed by atoms with Crippen molar-refractivity contribution in [3.05, 3.63) is 50.6 Å². The van der Waals surface area contributed by atoms with Gasteiger partial charge >= 0.3 is 5.97 Å². The minimum Gasteiger partial charge on any atom is -0.478 e. The Hall–Kier alpha value is -1.33. The molecule has 0 aliphatic rings. The molecule has 0 saturated heterocycles. The third-order valence-electron chi connectivity index (χ3n) is 2.54. The van der Waals surface area contributed by atoms with Crippen LogP contribution in [-0.2, 0) is 0 Å². The van der Waals surface area contributed by atoms with Crippen molar-refractivity contribution in [2.75, 3.05) is 5.32 Å². The fraction of sp³-hybridized carbons (Fsp3) is 0.154. The van der Waals surface area contributed by atoms with E-state index in [0.717, 1.165) is 9.35 Å². The molecule has 2 rings (SSSR count). The largest absolute Gasteiger partial charge is 0.478 e. The number of thiophene rings is 1. The van der Waals surface area contributed by atoms with E-state index in [9.17, 15) is 4.79 Å². The zero-order valence-corrected chi connectivity index (χ0v) is 12.1. The zero-order valence-electron chi connectivity index (χ0n) is 9.68. The maximum absolute atomic E-state index is 11.1. The number of anilines is 1. The molecule has 0 bridgehead atoms. The highest BCUT2D eigenvalue weighted by atomic mass is 79.9. The number of carboxylic acids is 1. The molecule has 0 radical (unpaired) electrons. The van der Waals surface area contributed by atoms with Gasteiger partial charge in [-0.05, 0) is 41.1 Å². The molecule has 1 aromatic carbocycles. The van der Waals surface area contributed by atoms with E-state index in [1.807, 2.05) is 24.4 Å². The fourth-order valence-corrected chi connectivity index (χ4v) is 3.11. The molecule has 2 N–H and O–H groups in total. The average Bonchev–Trinajstić information content (AvgIpc) is 2.76. The normalized spacial score (nSPS) is 12.1. The smallest absolute Gasteiger partial charge is 0.337 e. The Balaban J connectivity index is 2.21. The first-order valence-corrected chi connectivity index (χ1v) is 7.08. The summed E-state index contributed by atoms with van der Waals surface area (Å²) in [7, 11) is 0. The van der Waals surface area contributed by atoms with E-state index in [4.69, 9.17) is 5.11 Å². The molecule has 5 heteroatoms. The Morgan fingerprint density at radius 2 is 2.17 bits per heavy atom. The molecule has 3 nitrogen and oxygen atoms in total. The van der Waals surface area contributed by atoms with Gasteiger partial charge in [0.1, 0.15) is 0 Å². The molecule has 0 saturated carbocycles. The van der Waals surface area contributed by atoms with Gasteiger partial charge in [-0.25, -0.2) is 4.79 Å². The van der Waals surface area contributed by atoms with Crippen molar-refractivity contribution in [3.63, 3.8) is 0 Å². The van der Waals surface area contributed by atoms with Crippen LogP contribution in [0, 0.1) is 0 Å². The number of rotatable bonds is 4. The number of nitrogens with one attached hydrogen (secondary N) is 1. The monoisotopic (exact) mass is 325 g/mol. The van der Waals surface area contributed by atoms with E-state index < -0.39 is 5.97 Å². The number of hydrogen-bond donors (Lipinski definition) is 2. The number of para-hydroxylation sites is 1. The van der Waals surface area contributed by atoms with Crippen LogP contribution in [0.4, 0.5) is 5.69 Å². The maximum atomic E-state index is 11.1. The molecule has 0 aliphatic carbocycles. The second-order valence-corrected chi connectivity index (χ2v) is 5.74. The molecule has 0 spiro atoms. The SMILES string of the molecule is CC(Nc1ccccc1C(=O)O)c1cc(Br)cs1. The zero-order chi connectivity index (χ0) is 13.1. The van der Waals surface area contributed by atoms with E-state index in [2.05, 4.69) is 21.2 Å². The molecule has 2 aromatic rings. The van der Waals surface area contributed by atoms with Crippen LogP contribution in [0.2, 0.25) is 0 Å². The summed E-state index contributed by atoms with van der Waals surface area (Å²) in [6.07, 6.45) is 0. The first kappa shape index (κ1) is 13.1. The summed E-state index contributed by atoms with van der Waals surface area (Å²) in [5.41, 5.74) is 0.932. The number of carbonyl (C=O) groups is 1. The van der Waals surface area contributed by atoms with Crippen molar-refractivity contribution >= 4 is 38.9 Å². The fourth-order valence-electron chi connectivity index (χ4n) is 1.66. The average molecular weight is 326 g/mol. The summed E-state index contributed by atoms with van der Waals surface area (Å²) in [5, 5.41) is 14.3. The number of benzene rings is 1. The van der Waals surface area contributed by atoms with Crippen LogP contribution in [-0.4, -0.2) is 11.1 Å². The van der Waals surface area contributed by atoms with Crippen LogP contribution in [0.3, 0.4) is 0 Å². The van der Waals surface area contributed by atoms with Crippen molar-refractivity contribution in [3.8, 4) is 0 Å². The Morgan fingerprint density at radius 1 is 1.44 bits per heavy atom. The Labute approximate surface area is 118 Å². The standard InChI is InChI=1S/C13H12BrNO2S/c1-8(12-6-9(14)7-18-12)15-11-5-3-2-4-10(11)13(16)17/h2-8,15H,1H3,(H,16,17). The number of carboxylic acid groups (broad SMARTS) is 1. The summed E-state index contributed by atoms with van der Waals surface area (Å²) in [4.78, 5) is 12.3. The third kappa shape index (κ3) is 2.91. The van der Waals surface area contributed by atoms with Crippen molar-refractivity contribution in [2.45, 2.75) is 13.0 Å². The molecular weight excluding hydrogens is 314 g/mol. The molecular formula is C13H12BrNO2S. The predicted molar refractivity (Wildman–Crippen MR) is 77.5 cm³/mol. The van der Waals surface area contributed by atoms with Crippen molar-refractivity contribution in [2.24, 2.45) is 0 Å². The molecule has 1 unspecified atom stereocenters. The van der Waals surface area contributed by atoms with Crippen LogP contribution in [0.5, 0.6) is 0 Å². The van der Waals surface area contributed by atoms with E-state index in [1.165, 1.54) is 0 Å². The molecule has 0 aliphatic heterocycles. The maximum Gasteiger partial charge on any atom is 0.337 e. The first-order valence-electron chi connectivity index (χ1n) is 5.40. The van der Waals surface area contributed by atoms with Crippen molar-refractivity contribution < 1.29 is 9.90 Å². The van der Waals surface area contributed by atoms with Crippen LogP contribution in [0.1, 0.15) is 28.2 Å². The highest BCUT2D eigenvalue weighted by Gasteiger charge is 2.13. The van der Waals surface area contributed by atoms with Gasteiger partial charge in [0, 0.05) is 20.4 Å². The highest BCUT2D eigenvalue weighted by molar-refractivity contribution is 9.10. The van der Waals surface area contributed by atoms with Gasteiger partial charge in [-0.3, -0.25) is 0 Å². The Morgan fingerprint density at radius 3 is 2.78 bits per heavy atom. The van der Waals surface area contributed by atoms with Gasteiger partial charge in [0.2, 0.25) is 0 Å². The van der Waals surface area contributed by atoms with Gasteiger partial charge in [0.05, 0.1) is 11.6 Å². The van der Waals surface area contributed by atoms with Crippen LogP contribution >= 0.6 is 27.3 Å².